The first-order valence-corrected chi connectivity index (χ1v) is 11.5. The van der Waals surface area contributed by atoms with Crippen LogP contribution in [0.4, 0.5) is 5.69 Å². The molecule has 5 nitrogen and oxygen atoms in total. The van der Waals surface area contributed by atoms with Gasteiger partial charge in [-0.2, -0.15) is 0 Å². The number of hydrogen-bond acceptors (Lipinski definition) is 3. The SMILES string of the molecule is CCc1ccccc1N1C(=O)/C(=C/c2cc(C)n(-c3ccccc3CC)c2C)C(=O)NC1=S. The molecule has 0 atom stereocenters. The fraction of sp³-hybridized carbons (Fsp3) is 0.222. The van der Waals surface area contributed by atoms with E-state index >= 15 is 0 Å². The standard InChI is InChI=1S/C27H27N3O2S/c1-5-19-11-7-9-13-23(19)29-17(3)15-21(18(29)4)16-22-25(31)28-27(33)30(26(22)32)24-14-10-8-12-20(24)6-2/h7-16H,5-6H2,1-4H3,(H,28,31,33)/b22-16+. The first-order chi connectivity index (χ1) is 15.9. The van der Waals surface area contributed by atoms with Crippen LogP contribution in [0.2, 0.25) is 0 Å². The molecule has 168 valence electrons. The summed E-state index contributed by atoms with van der Waals surface area (Å²) < 4.78 is 2.17. The van der Waals surface area contributed by atoms with E-state index in [-0.39, 0.29) is 10.7 Å². The van der Waals surface area contributed by atoms with E-state index in [1.54, 1.807) is 6.08 Å². The van der Waals surface area contributed by atoms with Crippen LogP contribution >= 0.6 is 12.2 Å². The Balaban J connectivity index is 1.80. The number of aryl methyl sites for hydroxylation is 3. The van der Waals surface area contributed by atoms with E-state index in [4.69, 9.17) is 12.2 Å². The Morgan fingerprint density at radius 1 is 0.909 bits per heavy atom. The number of amides is 2. The molecular weight excluding hydrogens is 430 g/mol. The smallest absolute Gasteiger partial charge is 0.270 e. The van der Waals surface area contributed by atoms with Gasteiger partial charge < -0.3 is 4.57 Å². The Kier molecular flexibility index (Phi) is 6.29. The quantitative estimate of drug-likeness (QED) is 0.331. The van der Waals surface area contributed by atoms with Crippen LogP contribution in [0.1, 0.15) is 41.9 Å². The summed E-state index contributed by atoms with van der Waals surface area (Å²) in [6, 6.07) is 17.9. The van der Waals surface area contributed by atoms with Crippen LogP contribution in [0.3, 0.4) is 0 Å². The van der Waals surface area contributed by atoms with E-state index in [2.05, 4.69) is 28.9 Å². The molecule has 2 amide bonds. The Hall–Kier alpha value is -3.51. The maximum atomic E-state index is 13.5. The number of anilines is 1. The summed E-state index contributed by atoms with van der Waals surface area (Å²) in [6.45, 7) is 8.19. The zero-order chi connectivity index (χ0) is 23.7. The molecule has 0 bridgehead atoms. The normalized spacial score (nSPS) is 15.3. The van der Waals surface area contributed by atoms with Crippen molar-refractivity contribution < 1.29 is 9.59 Å². The van der Waals surface area contributed by atoms with E-state index in [0.717, 1.165) is 41.0 Å². The minimum Gasteiger partial charge on any atom is -0.318 e. The van der Waals surface area contributed by atoms with Gasteiger partial charge in [0.1, 0.15) is 5.57 Å². The van der Waals surface area contributed by atoms with Crippen LogP contribution in [0.15, 0.2) is 60.2 Å². The molecule has 0 radical (unpaired) electrons. The van der Waals surface area contributed by atoms with Crippen molar-refractivity contribution >= 4 is 40.9 Å². The minimum atomic E-state index is -0.478. The molecule has 4 rings (SSSR count). The second kappa shape index (κ2) is 9.16. The van der Waals surface area contributed by atoms with Crippen LogP contribution in [0.5, 0.6) is 0 Å². The van der Waals surface area contributed by atoms with E-state index in [0.29, 0.717) is 5.69 Å². The van der Waals surface area contributed by atoms with Gasteiger partial charge in [0.25, 0.3) is 11.8 Å². The van der Waals surface area contributed by atoms with E-state index in [1.165, 1.54) is 10.5 Å². The Morgan fingerprint density at radius 3 is 2.12 bits per heavy atom. The van der Waals surface area contributed by atoms with Crippen molar-refractivity contribution in [1.82, 2.24) is 9.88 Å². The maximum absolute atomic E-state index is 13.5. The van der Waals surface area contributed by atoms with Gasteiger partial charge in [-0.3, -0.25) is 19.8 Å². The fourth-order valence-corrected chi connectivity index (χ4v) is 4.67. The Morgan fingerprint density at radius 2 is 1.48 bits per heavy atom. The highest BCUT2D eigenvalue weighted by molar-refractivity contribution is 7.80. The number of rotatable bonds is 5. The number of para-hydroxylation sites is 2. The maximum Gasteiger partial charge on any atom is 0.270 e. The Bertz CT molecular complexity index is 1300. The lowest BCUT2D eigenvalue weighted by molar-refractivity contribution is -0.122. The van der Waals surface area contributed by atoms with Crippen molar-refractivity contribution in [3.63, 3.8) is 0 Å². The molecule has 6 heteroatoms. The lowest BCUT2D eigenvalue weighted by atomic mass is 10.0. The topological polar surface area (TPSA) is 54.3 Å². The molecule has 1 aliphatic rings. The average molecular weight is 458 g/mol. The highest BCUT2D eigenvalue weighted by Crippen LogP contribution is 2.29. The molecule has 0 spiro atoms. The minimum absolute atomic E-state index is 0.0681. The molecule has 0 saturated carbocycles. The van der Waals surface area contributed by atoms with E-state index < -0.39 is 11.8 Å². The molecule has 1 fully saturated rings. The monoisotopic (exact) mass is 457 g/mol. The number of carbonyl (C=O) groups excluding carboxylic acids is 2. The zero-order valence-corrected chi connectivity index (χ0v) is 20.1. The second-order valence-electron chi connectivity index (χ2n) is 8.08. The van der Waals surface area contributed by atoms with Crippen LogP contribution in [0.25, 0.3) is 11.8 Å². The summed E-state index contributed by atoms with van der Waals surface area (Å²) in [6.07, 6.45) is 3.33. The van der Waals surface area contributed by atoms with Gasteiger partial charge in [0.05, 0.1) is 5.69 Å². The van der Waals surface area contributed by atoms with Crippen LogP contribution < -0.4 is 10.2 Å². The van der Waals surface area contributed by atoms with Gasteiger partial charge in [-0.25, -0.2) is 0 Å². The van der Waals surface area contributed by atoms with Crippen molar-refractivity contribution in [2.24, 2.45) is 0 Å². The van der Waals surface area contributed by atoms with Gasteiger partial charge in [-0.15, -0.1) is 0 Å². The number of aromatic nitrogens is 1. The summed E-state index contributed by atoms with van der Waals surface area (Å²) in [5, 5.41) is 2.80. The summed E-state index contributed by atoms with van der Waals surface area (Å²) in [4.78, 5) is 27.7. The molecule has 3 aromatic rings. The van der Waals surface area contributed by atoms with Crippen molar-refractivity contribution in [2.45, 2.75) is 40.5 Å². The Labute approximate surface area is 199 Å². The fourth-order valence-electron chi connectivity index (χ4n) is 4.39. The van der Waals surface area contributed by atoms with E-state index in [1.807, 2.05) is 63.2 Å². The van der Waals surface area contributed by atoms with Crippen LogP contribution in [-0.2, 0) is 22.4 Å². The summed E-state index contributed by atoms with van der Waals surface area (Å²) in [7, 11) is 0. The molecule has 1 saturated heterocycles. The number of nitrogens with zero attached hydrogens (tertiary/aromatic N) is 2. The molecule has 1 aromatic heterocycles. The van der Waals surface area contributed by atoms with Crippen molar-refractivity contribution in [1.29, 1.82) is 0 Å². The van der Waals surface area contributed by atoms with Crippen LogP contribution in [0, 0.1) is 13.8 Å². The molecule has 0 aliphatic carbocycles. The molecule has 1 aliphatic heterocycles. The lowest BCUT2D eigenvalue weighted by Crippen LogP contribution is -2.54. The third kappa shape index (κ3) is 4.02. The molecular formula is C27H27N3O2S. The molecule has 0 unspecified atom stereocenters. The van der Waals surface area contributed by atoms with Crippen molar-refractivity contribution in [3.05, 3.63) is 88.2 Å². The van der Waals surface area contributed by atoms with Crippen molar-refractivity contribution in [2.75, 3.05) is 4.90 Å². The second-order valence-corrected chi connectivity index (χ2v) is 8.47. The number of carbonyl (C=O) groups is 2. The average Bonchev–Trinajstić information content (AvgIpc) is 3.09. The van der Waals surface area contributed by atoms with Crippen molar-refractivity contribution in [3.8, 4) is 5.69 Å². The highest BCUT2D eigenvalue weighted by Gasteiger charge is 2.35. The van der Waals surface area contributed by atoms with Gasteiger partial charge in [-0.1, -0.05) is 50.2 Å². The van der Waals surface area contributed by atoms with E-state index in [9.17, 15) is 9.59 Å². The zero-order valence-electron chi connectivity index (χ0n) is 19.3. The molecule has 2 aromatic carbocycles. The van der Waals surface area contributed by atoms with Gasteiger partial charge in [0, 0.05) is 17.1 Å². The summed E-state index contributed by atoms with van der Waals surface area (Å²) in [5.41, 5.74) is 6.92. The molecule has 33 heavy (non-hydrogen) atoms. The number of nitrogens with one attached hydrogen (secondary N) is 1. The number of hydrogen-bond donors (Lipinski definition) is 1. The first-order valence-electron chi connectivity index (χ1n) is 11.1. The summed E-state index contributed by atoms with van der Waals surface area (Å²) >= 11 is 5.37. The van der Waals surface area contributed by atoms with Crippen LogP contribution in [-0.4, -0.2) is 21.5 Å². The van der Waals surface area contributed by atoms with Gasteiger partial charge >= 0.3 is 0 Å². The van der Waals surface area contributed by atoms with Gasteiger partial charge in [0.2, 0.25) is 0 Å². The molecule has 1 N–H and O–H groups in total. The largest absolute Gasteiger partial charge is 0.318 e. The number of benzene rings is 2. The predicted molar refractivity (Wildman–Crippen MR) is 137 cm³/mol. The third-order valence-electron chi connectivity index (χ3n) is 6.10. The molecule has 2 heterocycles. The summed E-state index contributed by atoms with van der Waals surface area (Å²) in [5.74, 6) is -0.891. The third-order valence-corrected chi connectivity index (χ3v) is 6.38. The van der Waals surface area contributed by atoms with Gasteiger partial charge in [-0.05, 0) is 79.9 Å². The lowest BCUT2D eigenvalue weighted by Gasteiger charge is -2.30. The predicted octanol–water partition coefficient (Wildman–Crippen LogP) is 5.05. The van der Waals surface area contributed by atoms with Gasteiger partial charge in [0.15, 0.2) is 5.11 Å². The number of thiocarbonyl (C=S) groups is 1. The first kappa shape index (κ1) is 22.7. The highest BCUT2D eigenvalue weighted by atomic mass is 32.1.